The number of aromatic nitrogens is 1. The molecule has 1 aliphatic heterocycles. The molecule has 0 aliphatic carbocycles. The van der Waals surface area contributed by atoms with Crippen molar-refractivity contribution in [1.29, 1.82) is 0 Å². The molecular weight excluding hydrogens is 300 g/mol. The van der Waals surface area contributed by atoms with Crippen molar-refractivity contribution in [2.45, 2.75) is 23.4 Å². The van der Waals surface area contributed by atoms with Crippen molar-refractivity contribution in [3.8, 4) is 0 Å². The first-order valence-corrected chi connectivity index (χ1v) is 7.79. The van der Waals surface area contributed by atoms with E-state index < -0.39 is 21.5 Å². The summed E-state index contributed by atoms with van der Waals surface area (Å²) in [5.74, 6) is -1.18. The van der Waals surface area contributed by atoms with E-state index >= 15 is 0 Å². The van der Waals surface area contributed by atoms with Crippen molar-refractivity contribution >= 4 is 16.0 Å². The van der Waals surface area contributed by atoms with Gasteiger partial charge < -0.3 is 14.9 Å². The molecule has 8 nitrogen and oxygen atoms in total. The third kappa shape index (κ3) is 3.56. The average molecular weight is 316 g/mol. The highest BCUT2D eigenvalue weighted by Crippen LogP contribution is 2.22. The zero-order valence-corrected chi connectivity index (χ0v) is 12.0. The lowest BCUT2D eigenvalue weighted by Crippen LogP contribution is -2.54. The topological polar surface area (TPSA) is 126 Å². The molecule has 0 radical (unpaired) electrons. The van der Waals surface area contributed by atoms with E-state index in [4.69, 9.17) is 9.84 Å². The molecule has 2 rings (SSSR count). The van der Waals surface area contributed by atoms with Crippen LogP contribution in [0.1, 0.15) is 23.2 Å². The molecule has 0 aromatic carbocycles. The van der Waals surface area contributed by atoms with Crippen LogP contribution >= 0.6 is 0 Å². The van der Waals surface area contributed by atoms with Gasteiger partial charge in [0.15, 0.2) is 5.03 Å². The normalized spacial score (nSPS) is 18.3. The van der Waals surface area contributed by atoms with Gasteiger partial charge in [0.25, 0.3) is 10.0 Å². The molecule has 1 aromatic heterocycles. The van der Waals surface area contributed by atoms with E-state index in [9.17, 15) is 18.3 Å². The Hall–Kier alpha value is -1.55. The number of pyridine rings is 1. The maximum Gasteiger partial charge on any atom is 0.337 e. The first-order chi connectivity index (χ1) is 9.88. The summed E-state index contributed by atoms with van der Waals surface area (Å²) < 4.78 is 32.2. The SMILES string of the molecule is O=C(O)c1ccc(S(=O)(=O)NC2(CO)CCOCC2)nc1. The maximum absolute atomic E-state index is 12.3. The number of carboxylic acids is 1. The van der Waals surface area contributed by atoms with Gasteiger partial charge in [0.1, 0.15) is 0 Å². The number of aromatic carboxylic acids is 1. The Morgan fingerprint density at radius 1 is 1.38 bits per heavy atom. The van der Waals surface area contributed by atoms with Crippen molar-refractivity contribution in [3.63, 3.8) is 0 Å². The quantitative estimate of drug-likeness (QED) is 0.674. The molecule has 1 saturated heterocycles. The summed E-state index contributed by atoms with van der Waals surface area (Å²) in [6.07, 6.45) is 1.69. The zero-order chi connectivity index (χ0) is 15.5. The molecule has 1 aliphatic rings. The zero-order valence-electron chi connectivity index (χ0n) is 11.2. The minimum Gasteiger partial charge on any atom is -0.478 e. The third-order valence-electron chi connectivity index (χ3n) is 3.36. The van der Waals surface area contributed by atoms with Crippen molar-refractivity contribution < 1.29 is 28.2 Å². The predicted octanol–water partition coefficient (Wildman–Crippen LogP) is -0.400. The van der Waals surface area contributed by atoms with Crippen LogP contribution in [-0.2, 0) is 14.8 Å². The minimum absolute atomic E-state index is 0.100. The second kappa shape index (κ2) is 6.06. The van der Waals surface area contributed by atoms with E-state index in [2.05, 4.69) is 9.71 Å². The molecule has 0 spiro atoms. The van der Waals surface area contributed by atoms with Crippen LogP contribution < -0.4 is 4.72 Å². The fourth-order valence-electron chi connectivity index (χ4n) is 2.06. The molecule has 1 fully saturated rings. The first-order valence-electron chi connectivity index (χ1n) is 6.30. The number of hydrogen-bond acceptors (Lipinski definition) is 6. The number of nitrogens with one attached hydrogen (secondary N) is 1. The molecule has 9 heteroatoms. The molecule has 116 valence electrons. The first kappa shape index (κ1) is 15.8. The average Bonchev–Trinajstić information content (AvgIpc) is 2.48. The van der Waals surface area contributed by atoms with Crippen LogP contribution in [0.5, 0.6) is 0 Å². The Kier molecular flexibility index (Phi) is 4.57. The van der Waals surface area contributed by atoms with Crippen LogP contribution in [0, 0.1) is 0 Å². The van der Waals surface area contributed by atoms with Crippen molar-refractivity contribution in [3.05, 3.63) is 23.9 Å². The van der Waals surface area contributed by atoms with E-state index in [0.29, 0.717) is 26.1 Å². The smallest absolute Gasteiger partial charge is 0.337 e. The van der Waals surface area contributed by atoms with E-state index in [1.807, 2.05) is 0 Å². The summed E-state index contributed by atoms with van der Waals surface area (Å²) in [6, 6.07) is 2.29. The van der Waals surface area contributed by atoms with Crippen LogP contribution in [0.15, 0.2) is 23.4 Å². The molecule has 1 aromatic rings. The van der Waals surface area contributed by atoms with Crippen LogP contribution in [-0.4, -0.2) is 54.9 Å². The summed E-state index contributed by atoms with van der Waals surface area (Å²) in [7, 11) is -3.94. The molecule has 3 N–H and O–H groups in total. The Balaban J connectivity index is 2.22. The summed E-state index contributed by atoms with van der Waals surface area (Å²) in [5, 5.41) is 18.0. The second-order valence-corrected chi connectivity index (χ2v) is 6.48. The van der Waals surface area contributed by atoms with Crippen molar-refractivity contribution in [1.82, 2.24) is 9.71 Å². The highest BCUT2D eigenvalue weighted by atomic mass is 32.2. The van der Waals surface area contributed by atoms with Crippen LogP contribution in [0.4, 0.5) is 0 Å². The molecule has 0 bridgehead atoms. The number of ether oxygens (including phenoxy) is 1. The van der Waals surface area contributed by atoms with Gasteiger partial charge in [0.2, 0.25) is 0 Å². The van der Waals surface area contributed by atoms with Crippen LogP contribution in [0.3, 0.4) is 0 Å². The molecular formula is C12H16N2O6S. The van der Waals surface area contributed by atoms with Crippen LogP contribution in [0.2, 0.25) is 0 Å². The van der Waals surface area contributed by atoms with Crippen LogP contribution in [0.25, 0.3) is 0 Å². The maximum atomic E-state index is 12.3. The molecule has 0 atom stereocenters. The largest absolute Gasteiger partial charge is 0.478 e. The van der Waals surface area contributed by atoms with Gasteiger partial charge in [-0.1, -0.05) is 0 Å². The minimum atomic E-state index is -3.94. The van der Waals surface area contributed by atoms with Gasteiger partial charge in [-0.3, -0.25) is 0 Å². The van der Waals surface area contributed by atoms with Crippen molar-refractivity contribution in [2.75, 3.05) is 19.8 Å². The number of rotatable bonds is 5. The number of aliphatic hydroxyl groups excluding tert-OH is 1. The van der Waals surface area contributed by atoms with E-state index in [1.54, 1.807) is 0 Å². The van der Waals surface area contributed by atoms with Gasteiger partial charge in [-0.25, -0.2) is 22.9 Å². The van der Waals surface area contributed by atoms with Gasteiger partial charge in [-0.15, -0.1) is 0 Å². The molecule has 0 amide bonds. The summed E-state index contributed by atoms with van der Waals surface area (Å²) in [6.45, 7) is 0.367. The molecule has 21 heavy (non-hydrogen) atoms. The lowest BCUT2D eigenvalue weighted by Gasteiger charge is -2.35. The van der Waals surface area contributed by atoms with Crippen molar-refractivity contribution in [2.24, 2.45) is 0 Å². The predicted molar refractivity (Wildman–Crippen MR) is 71.4 cm³/mol. The Bertz CT molecular complexity index is 607. The third-order valence-corrected chi connectivity index (χ3v) is 4.86. The van der Waals surface area contributed by atoms with Gasteiger partial charge >= 0.3 is 5.97 Å². The van der Waals surface area contributed by atoms with E-state index in [0.717, 1.165) is 12.3 Å². The monoisotopic (exact) mass is 316 g/mol. The number of carbonyl (C=O) groups is 1. The molecule has 2 heterocycles. The Morgan fingerprint density at radius 3 is 2.52 bits per heavy atom. The standard InChI is InChI=1S/C12H16N2O6S/c15-8-12(3-5-20-6-4-12)14-21(18,19)10-2-1-9(7-13-10)11(16)17/h1-2,7,14-15H,3-6,8H2,(H,16,17). The van der Waals surface area contributed by atoms with Gasteiger partial charge in [0, 0.05) is 19.4 Å². The number of sulfonamides is 1. The summed E-state index contributed by atoms with van der Waals surface area (Å²) >= 11 is 0. The fourth-order valence-corrected chi connectivity index (χ4v) is 3.44. The van der Waals surface area contributed by atoms with E-state index in [-0.39, 0.29) is 17.2 Å². The Labute approximate surface area is 121 Å². The van der Waals surface area contributed by atoms with E-state index in [1.165, 1.54) is 6.07 Å². The number of aliphatic hydroxyl groups is 1. The Morgan fingerprint density at radius 2 is 2.05 bits per heavy atom. The number of hydrogen-bond donors (Lipinski definition) is 3. The summed E-state index contributed by atoms with van der Waals surface area (Å²) in [4.78, 5) is 14.4. The van der Waals surface area contributed by atoms with Gasteiger partial charge in [0.05, 0.1) is 17.7 Å². The molecule has 0 saturated carbocycles. The highest BCUT2D eigenvalue weighted by Gasteiger charge is 2.37. The second-order valence-electron chi connectivity index (χ2n) is 4.85. The van der Waals surface area contributed by atoms with Gasteiger partial charge in [-0.2, -0.15) is 0 Å². The highest BCUT2D eigenvalue weighted by molar-refractivity contribution is 7.89. The fraction of sp³-hybridized carbons (Fsp3) is 0.500. The molecule has 0 unspecified atom stereocenters. The lowest BCUT2D eigenvalue weighted by molar-refractivity contribution is 0.0222. The lowest BCUT2D eigenvalue weighted by atomic mass is 9.93. The number of nitrogens with zero attached hydrogens (tertiary/aromatic N) is 1. The van der Waals surface area contributed by atoms with Gasteiger partial charge in [-0.05, 0) is 25.0 Å². The summed E-state index contributed by atoms with van der Waals surface area (Å²) in [5.41, 5.74) is -1.07. The number of carboxylic acid groups (broad SMARTS) is 1.